The van der Waals surface area contributed by atoms with Crippen LogP contribution in [0.2, 0.25) is 0 Å². The molecule has 21 heavy (non-hydrogen) atoms. The van der Waals surface area contributed by atoms with Crippen LogP contribution in [-0.4, -0.2) is 13.0 Å². The van der Waals surface area contributed by atoms with E-state index in [1.165, 1.54) is 29.7 Å². The molecule has 3 rings (SSSR count). The summed E-state index contributed by atoms with van der Waals surface area (Å²) < 4.78 is 0. The monoisotopic (exact) mass is 300 g/mol. The zero-order chi connectivity index (χ0) is 14.8. The van der Waals surface area contributed by atoms with Crippen LogP contribution < -0.4 is 10.6 Å². The second-order valence-electron chi connectivity index (χ2n) is 5.58. The van der Waals surface area contributed by atoms with E-state index in [2.05, 4.69) is 6.07 Å². The Balaban J connectivity index is 1.85. The highest BCUT2D eigenvalue weighted by molar-refractivity contribution is 7.14. The Morgan fingerprint density at radius 3 is 2.81 bits per heavy atom. The third-order valence-electron chi connectivity index (χ3n) is 4.02. The van der Waals surface area contributed by atoms with Gasteiger partial charge < -0.3 is 10.6 Å². The molecule has 0 saturated heterocycles. The number of hydrogen-bond donors (Lipinski definition) is 1. The number of benzene rings is 1. The van der Waals surface area contributed by atoms with Crippen LogP contribution in [-0.2, 0) is 12.8 Å². The fraction of sp³-hybridized carbons (Fsp3) is 0.353. The highest BCUT2D eigenvalue weighted by Gasteiger charge is 2.19. The van der Waals surface area contributed by atoms with Gasteiger partial charge in [0.25, 0.3) is 5.91 Å². The van der Waals surface area contributed by atoms with Crippen LogP contribution in [0.3, 0.4) is 0 Å². The Labute approximate surface area is 129 Å². The maximum atomic E-state index is 12.7. The van der Waals surface area contributed by atoms with E-state index in [1.54, 1.807) is 16.2 Å². The molecule has 1 heterocycles. The summed E-state index contributed by atoms with van der Waals surface area (Å²) in [5.74, 6) is 0.0543. The number of nitrogen functional groups attached to an aromatic ring is 1. The van der Waals surface area contributed by atoms with Gasteiger partial charge in [-0.3, -0.25) is 4.79 Å². The summed E-state index contributed by atoms with van der Waals surface area (Å²) in [5.41, 5.74) is 8.69. The lowest BCUT2D eigenvalue weighted by atomic mass is 10.1. The number of fused-ring (bicyclic) bond motifs is 1. The molecular weight excluding hydrogens is 280 g/mol. The summed E-state index contributed by atoms with van der Waals surface area (Å²) in [6, 6.07) is 9.53. The summed E-state index contributed by atoms with van der Waals surface area (Å²) in [5, 5.41) is 0. The fourth-order valence-corrected chi connectivity index (χ4v) is 4.02. The zero-order valence-electron chi connectivity index (χ0n) is 12.3. The average Bonchev–Trinajstić information content (AvgIpc) is 2.77. The second kappa shape index (κ2) is 5.90. The van der Waals surface area contributed by atoms with E-state index < -0.39 is 0 Å². The van der Waals surface area contributed by atoms with E-state index in [-0.39, 0.29) is 5.91 Å². The molecule has 4 heteroatoms. The van der Waals surface area contributed by atoms with Gasteiger partial charge in [0.15, 0.2) is 0 Å². The van der Waals surface area contributed by atoms with Gasteiger partial charge in [-0.15, -0.1) is 11.3 Å². The van der Waals surface area contributed by atoms with Crippen LogP contribution in [0.15, 0.2) is 30.3 Å². The third kappa shape index (κ3) is 2.95. The number of rotatable bonds is 2. The summed E-state index contributed by atoms with van der Waals surface area (Å²) in [4.78, 5) is 16.6. The van der Waals surface area contributed by atoms with Gasteiger partial charge in [-0.05, 0) is 55.5 Å². The molecule has 0 fully saturated rings. The van der Waals surface area contributed by atoms with E-state index in [0.717, 1.165) is 23.4 Å². The summed E-state index contributed by atoms with van der Waals surface area (Å²) >= 11 is 1.66. The molecule has 1 amide bonds. The fourth-order valence-electron chi connectivity index (χ4n) is 2.79. The molecule has 110 valence electrons. The number of hydrogen-bond acceptors (Lipinski definition) is 3. The van der Waals surface area contributed by atoms with E-state index in [4.69, 9.17) is 5.73 Å². The molecule has 0 bridgehead atoms. The van der Waals surface area contributed by atoms with Crippen molar-refractivity contribution in [2.24, 2.45) is 0 Å². The van der Waals surface area contributed by atoms with Gasteiger partial charge in [0, 0.05) is 23.3 Å². The molecule has 2 N–H and O–H groups in total. The lowest BCUT2D eigenvalue weighted by molar-refractivity contribution is 0.0997. The van der Waals surface area contributed by atoms with E-state index in [1.807, 2.05) is 31.3 Å². The van der Waals surface area contributed by atoms with Crippen molar-refractivity contribution in [3.63, 3.8) is 0 Å². The van der Waals surface area contributed by atoms with Crippen molar-refractivity contribution in [3.05, 3.63) is 45.6 Å². The number of nitrogens with zero attached hydrogens (tertiary/aromatic N) is 1. The Hall–Kier alpha value is -1.81. The molecular formula is C17H20N2OS. The standard InChI is InChI=1S/C17H20N2OS/c1-19(14-8-5-7-13(18)11-14)17(20)16-10-12-6-3-2-4-9-15(12)21-16/h5,7-8,10-11H,2-4,6,9,18H2,1H3. The largest absolute Gasteiger partial charge is 0.399 e. The molecule has 3 nitrogen and oxygen atoms in total. The maximum absolute atomic E-state index is 12.7. The molecule has 1 aliphatic rings. The number of carbonyl (C=O) groups is 1. The Morgan fingerprint density at radius 1 is 1.19 bits per heavy atom. The summed E-state index contributed by atoms with van der Waals surface area (Å²) in [7, 11) is 1.81. The molecule has 0 saturated carbocycles. The summed E-state index contributed by atoms with van der Waals surface area (Å²) in [6.07, 6.45) is 6.01. The van der Waals surface area contributed by atoms with Crippen LogP contribution >= 0.6 is 11.3 Å². The van der Waals surface area contributed by atoms with E-state index >= 15 is 0 Å². The van der Waals surface area contributed by atoms with Gasteiger partial charge in [-0.25, -0.2) is 0 Å². The first kappa shape index (κ1) is 14.1. The minimum atomic E-state index is 0.0543. The minimum absolute atomic E-state index is 0.0543. The smallest absolute Gasteiger partial charge is 0.268 e. The normalized spacial score (nSPS) is 14.3. The highest BCUT2D eigenvalue weighted by atomic mass is 32.1. The van der Waals surface area contributed by atoms with E-state index in [0.29, 0.717) is 5.69 Å². The molecule has 0 unspecified atom stereocenters. The minimum Gasteiger partial charge on any atom is -0.399 e. The van der Waals surface area contributed by atoms with Crippen LogP contribution in [0.25, 0.3) is 0 Å². The van der Waals surface area contributed by atoms with Crippen molar-refractivity contribution < 1.29 is 4.79 Å². The van der Waals surface area contributed by atoms with Gasteiger partial charge in [-0.2, -0.15) is 0 Å². The second-order valence-corrected chi connectivity index (χ2v) is 6.72. The van der Waals surface area contributed by atoms with Gasteiger partial charge in [0.2, 0.25) is 0 Å². The number of nitrogens with two attached hydrogens (primary N) is 1. The van der Waals surface area contributed by atoms with Gasteiger partial charge in [0.05, 0.1) is 4.88 Å². The first-order chi connectivity index (χ1) is 10.1. The number of thiophene rings is 1. The maximum Gasteiger partial charge on any atom is 0.268 e. The number of aryl methyl sites for hydroxylation is 2. The topological polar surface area (TPSA) is 46.3 Å². The Kier molecular flexibility index (Phi) is 3.97. The highest BCUT2D eigenvalue weighted by Crippen LogP contribution is 2.30. The molecule has 2 aromatic rings. The zero-order valence-corrected chi connectivity index (χ0v) is 13.1. The quantitative estimate of drug-likeness (QED) is 0.676. The van der Waals surface area contributed by atoms with Crippen molar-refractivity contribution in [3.8, 4) is 0 Å². The predicted molar refractivity (Wildman–Crippen MR) is 89.2 cm³/mol. The summed E-state index contributed by atoms with van der Waals surface area (Å²) in [6.45, 7) is 0. The van der Waals surface area contributed by atoms with Gasteiger partial charge in [0.1, 0.15) is 0 Å². The lowest BCUT2D eigenvalue weighted by Gasteiger charge is -2.16. The Bertz CT molecular complexity index is 639. The van der Waals surface area contributed by atoms with Crippen LogP contribution in [0.4, 0.5) is 11.4 Å². The van der Waals surface area contributed by atoms with Crippen molar-refractivity contribution in [1.82, 2.24) is 0 Å². The molecule has 1 aliphatic carbocycles. The number of anilines is 2. The van der Waals surface area contributed by atoms with Crippen molar-refractivity contribution in [2.75, 3.05) is 17.7 Å². The average molecular weight is 300 g/mol. The Morgan fingerprint density at radius 2 is 2.00 bits per heavy atom. The first-order valence-electron chi connectivity index (χ1n) is 7.40. The number of carbonyl (C=O) groups excluding carboxylic acids is 1. The predicted octanol–water partition coefficient (Wildman–Crippen LogP) is 3.88. The lowest BCUT2D eigenvalue weighted by Crippen LogP contribution is -2.25. The molecule has 0 aliphatic heterocycles. The van der Waals surface area contributed by atoms with Crippen LogP contribution in [0, 0.1) is 0 Å². The number of amides is 1. The SMILES string of the molecule is CN(C(=O)c1cc2c(s1)CCCCC2)c1cccc(N)c1. The van der Waals surface area contributed by atoms with Crippen LogP contribution in [0.1, 0.15) is 39.4 Å². The van der Waals surface area contributed by atoms with Crippen LogP contribution in [0.5, 0.6) is 0 Å². The molecule has 0 atom stereocenters. The molecule has 1 aromatic heterocycles. The van der Waals surface area contributed by atoms with Crippen molar-refractivity contribution >= 4 is 28.6 Å². The van der Waals surface area contributed by atoms with E-state index in [9.17, 15) is 4.79 Å². The third-order valence-corrected chi connectivity index (χ3v) is 5.24. The van der Waals surface area contributed by atoms with Gasteiger partial charge >= 0.3 is 0 Å². The first-order valence-corrected chi connectivity index (χ1v) is 8.22. The van der Waals surface area contributed by atoms with Gasteiger partial charge in [-0.1, -0.05) is 12.5 Å². The van der Waals surface area contributed by atoms with Crippen molar-refractivity contribution in [1.29, 1.82) is 0 Å². The molecule has 0 spiro atoms. The molecule has 0 radical (unpaired) electrons. The van der Waals surface area contributed by atoms with Crippen molar-refractivity contribution in [2.45, 2.75) is 32.1 Å². The molecule has 1 aromatic carbocycles.